The Labute approximate surface area is 176 Å². The van der Waals surface area contributed by atoms with Crippen LogP contribution in [-0.4, -0.2) is 59.5 Å². The normalized spacial score (nSPS) is 20.2. The van der Waals surface area contributed by atoms with Crippen LogP contribution in [0.25, 0.3) is 0 Å². The minimum Gasteiger partial charge on any atom is -0.464 e. The van der Waals surface area contributed by atoms with Gasteiger partial charge in [-0.1, -0.05) is 6.92 Å². The van der Waals surface area contributed by atoms with E-state index >= 15 is 0 Å². The van der Waals surface area contributed by atoms with Gasteiger partial charge in [0.2, 0.25) is 5.91 Å². The number of nitro groups is 1. The molecule has 0 aromatic rings. The largest absolute Gasteiger partial charge is 0.464 e. The molecule has 1 amide bonds. The number of nitrogens with two attached hydrogens (primary N) is 2. The van der Waals surface area contributed by atoms with Crippen molar-refractivity contribution in [3.63, 3.8) is 0 Å². The van der Waals surface area contributed by atoms with Gasteiger partial charge in [-0.25, -0.2) is 14.9 Å². The molecule has 1 heterocycles. The number of likely N-dealkylation sites (tertiary alicyclic amines) is 1. The zero-order chi connectivity index (χ0) is 19.7. The Morgan fingerprint density at radius 1 is 1.43 bits per heavy atom. The number of amides is 1. The van der Waals surface area contributed by atoms with Gasteiger partial charge in [-0.2, -0.15) is 0 Å². The van der Waals surface area contributed by atoms with Crippen molar-refractivity contribution in [3.05, 3.63) is 10.1 Å². The van der Waals surface area contributed by atoms with Crippen LogP contribution in [0, 0.1) is 16.0 Å². The molecule has 0 saturated carbocycles. The Hall–Kier alpha value is -1.85. The number of nitrogens with zero attached hydrogens (tertiary/aromatic N) is 3. The monoisotopic (exact) mass is 444 g/mol. The van der Waals surface area contributed by atoms with Gasteiger partial charge >= 0.3 is 5.97 Å². The van der Waals surface area contributed by atoms with Crippen LogP contribution in [0.1, 0.15) is 39.5 Å². The van der Waals surface area contributed by atoms with E-state index in [-0.39, 0.29) is 43.3 Å². The van der Waals surface area contributed by atoms with Crippen LogP contribution >= 0.6 is 24.8 Å². The number of esters is 1. The highest BCUT2D eigenvalue weighted by molar-refractivity contribution is 5.87. The van der Waals surface area contributed by atoms with Gasteiger partial charge in [-0.15, -0.1) is 24.8 Å². The Bertz CT molecular complexity index is 551. The molecular weight excluding hydrogens is 415 g/mol. The Morgan fingerprint density at radius 2 is 2.07 bits per heavy atom. The van der Waals surface area contributed by atoms with E-state index in [1.807, 2.05) is 6.92 Å². The topological polar surface area (TPSA) is 166 Å². The molecule has 13 heteroatoms. The van der Waals surface area contributed by atoms with Gasteiger partial charge in [-0.05, 0) is 38.5 Å². The van der Waals surface area contributed by atoms with E-state index in [9.17, 15) is 19.7 Å². The number of rotatable bonds is 8. The smallest absolute Gasteiger partial charge is 0.328 e. The molecule has 0 radical (unpaired) electrons. The number of hydrogen-bond donors (Lipinski definition) is 3. The minimum atomic E-state index is -0.898. The van der Waals surface area contributed by atoms with Crippen LogP contribution in [0.2, 0.25) is 0 Å². The summed E-state index contributed by atoms with van der Waals surface area (Å²) in [5.41, 5.74) is 11.3. The maximum atomic E-state index is 12.6. The number of hydrazone groups is 1. The zero-order valence-corrected chi connectivity index (χ0v) is 17.7. The summed E-state index contributed by atoms with van der Waals surface area (Å²) in [6, 6.07) is -1.37. The highest BCUT2D eigenvalue weighted by Gasteiger charge is 2.37. The molecule has 3 atom stereocenters. The number of halogens is 2. The SMILES string of the molecule is CCOC(=O)C1C[C@H](C)CCN1C(=O)[C@@H](N)CCCN/C(N)=N\[N+](=O)[O-].Cl.Cl. The fraction of sp³-hybridized carbons (Fsp3) is 0.800. The average molecular weight is 445 g/mol. The summed E-state index contributed by atoms with van der Waals surface area (Å²) in [7, 11) is 0. The molecule has 0 aromatic carbocycles. The minimum absolute atomic E-state index is 0. The van der Waals surface area contributed by atoms with Crippen LogP contribution < -0.4 is 16.8 Å². The van der Waals surface area contributed by atoms with Crippen LogP contribution in [0.5, 0.6) is 0 Å². The van der Waals surface area contributed by atoms with Gasteiger partial charge in [0.15, 0.2) is 5.03 Å². The van der Waals surface area contributed by atoms with Gasteiger partial charge < -0.3 is 26.4 Å². The van der Waals surface area contributed by atoms with Crippen molar-refractivity contribution in [3.8, 4) is 0 Å². The lowest BCUT2D eigenvalue weighted by atomic mass is 9.91. The lowest BCUT2D eigenvalue weighted by molar-refractivity contribution is -0.485. The van der Waals surface area contributed by atoms with Gasteiger partial charge in [0.1, 0.15) is 11.1 Å². The predicted molar refractivity (Wildman–Crippen MR) is 109 cm³/mol. The lowest BCUT2D eigenvalue weighted by Gasteiger charge is -2.38. The van der Waals surface area contributed by atoms with Gasteiger partial charge in [0, 0.05) is 13.1 Å². The number of nitrogens with one attached hydrogen (secondary N) is 1. The first-order chi connectivity index (χ1) is 12.3. The summed E-state index contributed by atoms with van der Waals surface area (Å²) < 4.78 is 5.08. The first-order valence-corrected chi connectivity index (χ1v) is 8.71. The van der Waals surface area contributed by atoms with Gasteiger partial charge in [0.05, 0.1) is 12.6 Å². The van der Waals surface area contributed by atoms with Gasteiger partial charge in [-0.3, -0.25) is 4.79 Å². The third-order valence-electron chi connectivity index (χ3n) is 4.21. The van der Waals surface area contributed by atoms with E-state index in [0.29, 0.717) is 38.3 Å². The first-order valence-electron chi connectivity index (χ1n) is 8.71. The molecule has 0 bridgehead atoms. The molecule has 0 aromatic heterocycles. The van der Waals surface area contributed by atoms with Crippen LogP contribution in [0.3, 0.4) is 0 Å². The molecule has 0 aliphatic carbocycles. The molecule has 1 saturated heterocycles. The van der Waals surface area contributed by atoms with Gasteiger partial charge in [0.25, 0.3) is 5.96 Å². The van der Waals surface area contributed by atoms with Crippen molar-refractivity contribution in [2.45, 2.75) is 51.6 Å². The molecule has 1 rings (SSSR count). The Balaban J connectivity index is 0. The van der Waals surface area contributed by atoms with Crippen molar-refractivity contribution >= 4 is 42.7 Å². The summed E-state index contributed by atoms with van der Waals surface area (Å²) in [5, 5.41) is 14.7. The van der Waals surface area contributed by atoms with Crippen molar-refractivity contribution in [2.24, 2.45) is 22.5 Å². The molecule has 1 aliphatic heterocycles. The van der Waals surface area contributed by atoms with Crippen molar-refractivity contribution in [2.75, 3.05) is 19.7 Å². The summed E-state index contributed by atoms with van der Waals surface area (Å²) in [4.78, 5) is 36.5. The van der Waals surface area contributed by atoms with Crippen molar-refractivity contribution in [1.82, 2.24) is 10.2 Å². The number of hydrogen-bond acceptors (Lipinski definition) is 6. The number of carbonyl (C=O) groups excluding carboxylic acids is 2. The summed E-state index contributed by atoms with van der Waals surface area (Å²) in [5.74, 6) is -0.660. The van der Waals surface area contributed by atoms with Crippen LogP contribution in [0.4, 0.5) is 0 Å². The second-order valence-corrected chi connectivity index (χ2v) is 6.33. The lowest BCUT2D eigenvalue weighted by Crippen LogP contribution is -2.55. The van der Waals surface area contributed by atoms with Crippen molar-refractivity contribution in [1.29, 1.82) is 0 Å². The Morgan fingerprint density at radius 3 is 2.64 bits per heavy atom. The molecular formula is C15H30Cl2N6O5. The summed E-state index contributed by atoms with van der Waals surface area (Å²) in [6.45, 7) is 4.79. The second-order valence-electron chi connectivity index (χ2n) is 6.33. The van der Waals surface area contributed by atoms with Crippen LogP contribution in [0.15, 0.2) is 5.10 Å². The number of carbonyl (C=O) groups is 2. The molecule has 164 valence electrons. The van der Waals surface area contributed by atoms with Crippen molar-refractivity contribution < 1.29 is 19.4 Å². The van der Waals surface area contributed by atoms with Crippen LogP contribution in [-0.2, 0) is 14.3 Å². The fourth-order valence-electron chi connectivity index (χ4n) is 2.87. The predicted octanol–water partition coefficient (Wildman–Crippen LogP) is 0.224. The summed E-state index contributed by atoms with van der Waals surface area (Å²) >= 11 is 0. The third-order valence-corrected chi connectivity index (χ3v) is 4.21. The van der Waals surface area contributed by atoms with E-state index in [1.54, 1.807) is 6.92 Å². The maximum absolute atomic E-state index is 12.6. The molecule has 1 aliphatic rings. The number of ether oxygens (including phenoxy) is 1. The first kappa shape index (κ1) is 28.4. The Kier molecular flexibility index (Phi) is 14.4. The average Bonchev–Trinajstić information content (AvgIpc) is 2.57. The van der Waals surface area contributed by atoms with E-state index in [4.69, 9.17) is 16.2 Å². The molecule has 1 fully saturated rings. The standard InChI is InChI=1S/C15H28N6O5.2ClH/c1-3-26-14(23)12-9-10(2)6-8-20(12)13(22)11(16)5-4-7-18-15(17)19-21(24)25;;/h10-12H,3-9,16H2,1-2H3,(H3,17,18,19);2*1H/t10-,11+,12?;;/m1../s1. The maximum Gasteiger partial charge on any atom is 0.328 e. The molecule has 5 N–H and O–H groups in total. The molecule has 11 nitrogen and oxygen atoms in total. The number of piperidine rings is 1. The number of guanidine groups is 1. The van der Waals surface area contributed by atoms with E-state index in [0.717, 1.165) is 6.42 Å². The molecule has 1 unspecified atom stereocenters. The van der Waals surface area contributed by atoms with E-state index in [1.165, 1.54) is 4.90 Å². The van der Waals surface area contributed by atoms with E-state index < -0.39 is 23.1 Å². The quantitative estimate of drug-likeness (QED) is 0.119. The summed E-state index contributed by atoms with van der Waals surface area (Å²) in [6.07, 6.45) is 2.19. The highest BCUT2D eigenvalue weighted by atomic mass is 35.5. The second kappa shape index (κ2) is 14.2. The highest BCUT2D eigenvalue weighted by Crippen LogP contribution is 2.24. The molecule has 28 heavy (non-hydrogen) atoms. The third kappa shape index (κ3) is 9.38. The fourth-order valence-corrected chi connectivity index (χ4v) is 2.87. The molecule has 0 spiro atoms. The zero-order valence-electron chi connectivity index (χ0n) is 16.0. The van der Waals surface area contributed by atoms with E-state index in [2.05, 4.69) is 10.4 Å².